The SMILES string of the molecule is COc1cccc(CNC(=O)N2CCN(c3ccncc3Cl)CC2)c1. The van der Waals surface area contributed by atoms with Crippen LogP contribution >= 0.6 is 11.6 Å². The predicted octanol–water partition coefficient (Wildman–Crippen LogP) is 2.78. The van der Waals surface area contributed by atoms with E-state index < -0.39 is 0 Å². The van der Waals surface area contributed by atoms with Gasteiger partial charge in [-0.2, -0.15) is 0 Å². The molecule has 2 amide bonds. The first-order chi connectivity index (χ1) is 12.2. The number of rotatable bonds is 4. The van der Waals surface area contributed by atoms with Gasteiger partial charge in [0.05, 0.1) is 17.8 Å². The number of aromatic nitrogens is 1. The summed E-state index contributed by atoms with van der Waals surface area (Å²) in [5.41, 5.74) is 1.98. The molecule has 0 radical (unpaired) electrons. The molecule has 1 aromatic heterocycles. The molecule has 0 atom stereocenters. The molecule has 0 aliphatic carbocycles. The van der Waals surface area contributed by atoms with Crippen molar-refractivity contribution in [3.63, 3.8) is 0 Å². The summed E-state index contributed by atoms with van der Waals surface area (Å²) in [7, 11) is 1.63. The summed E-state index contributed by atoms with van der Waals surface area (Å²) in [5.74, 6) is 0.787. The Morgan fingerprint density at radius 3 is 2.80 bits per heavy atom. The van der Waals surface area contributed by atoms with Crippen LogP contribution in [0.3, 0.4) is 0 Å². The van der Waals surface area contributed by atoms with Crippen molar-refractivity contribution in [3.8, 4) is 5.75 Å². The second kappa shape index (κ2) is 8.07. The van der Waals surface area contributed by atoms with Gasteiger partial charge in [0, 0.05) is 45.1 Å². The highest BCUT2D eigenvalue weighted by Crippen LogP contribution is 2.25. The number of nitrogens with zero attached hydrogens (tertiary/aromatic N) is 3. The summed E-state index contributed by atoms with van der Waals surface area (Å²) in [6, 6.07) is 9.53. The van der Waals surface area contributed by atoms with E-state index in [0.717, 1.165) is 30.1 Å². The number of halogens is 1. The minimum absolute atomic E-state index is 0.0525. The van der Waals surface area contributed by atoms with E-state index in [1.54, 1.807) is 19.5 Å². The molecule has 1 fully saturated rings. The highest BCUT2D eigenvalue weighted by molar-refractivity contribution is 6.33. The Kier molecular flexibility index (Phi) is 5.60. The molecule has 1 aliphatic heterocycles. The number of methoxy groups -OCH3 is 1. The zero-order valence-electron chi connectivity index (χ0n) is 14.1. The number of benzene rings is 1. The summed E-state index contributed by atoms with van der Waals surface area (Å²) >= 11 is 6.19. The monoisotopic (exact) mass is 360 g/mol. The van der Waals surface area contributed by atoms with Crippen molar-refractivity contribution in [3.05, 3.63) is 53.3 Å². The van der Waals surface area contributed by atoms with Crippen LogP contribution in [-0.2, 0) is 6.54 Å². The van der Waals surface area contributed by atoms with Crippen molar-refractivity contribution in [1.29, 1.82) is 0 Å². The minimum atomic E-state index is -0.0525. The van der Waals surface area contributed by atoms with Crippen LogP contribution in [0, 0.1) is 0 Å². The Morgan fingerprint density at radius 2 is 2.08 bits per heavy atom. The number of pyridine rings is 1. The molecule has 25 heavy (non-hydrogen) atoms. The molecule has 1 aromatic carbocycles. The van der Waals surface area contributed by atoms with Gasteiger partial charge >= 0.3 is 6.03 Å². The molecule has 3 rings (SSSR count). The van der Waals surface area contributed by atoms with Gasteiger partial charge in [-0.3, -0.25) is 4.98 Å². The van der Waals surface area contributed by atoms with Gasteiger partial charge in [-0.15, -0.1) is 0 Å². The topological polar surface area (TPSA) is 57.7 Å². The van der Waals surface area contributed by atoms with Crippen molar-refractivity contribution < 1.29 is 9.53 Å². The van der Waals surface area contributed by atoms with E-state index in [2.05, 4.69) is 15.2 Å². The Morgan fingerprint density at radius 1 is 1.28 bits per heavy atom. The molecule has 0 saturated carbocycles. The Balaban J connectivity index is 1.50. The molecule has 7 heteroatoms. The molecule has 0 bridgehead atoms. The van der Waals surface area contributed by atoms with Crippen LogP contribution in [0.1, 0.15) is 5.56 Å². The Hall–Kier alpha value is -2.47. The van der Waals surface area contributed by atoms with Crippen molar-refractivity contribution >= 4 is 23.3 Å². The number of carbonyl (C=O) groups is 1. The lowest BCUT2D eigenvalue weighted by Crippen LogP contribution is -2.51. The zero-order chi connectivity index (χ0) is 17.6. The van der Waals surface area contributed by atoms with Crippen LogP contribution in [0.2, 0.25) is 5.02 Å². The molecule has 2 aromatic rings. The van der Waals surface area contributed by atoms with Gasteiger partial charge in [0.15, 0.2) is 0 Å². The van der Waals surface area contributed by atoms with Crippen molar-refractivity contribution in [2.45, 2.75) is 6.54 Å². The number of piperazine rings is 1. The zero-order valence-corrected chi connectivity index (χ0v) is 14.9. The maximum absolute atomic E-state index is 12.4. The summed E-state index contributed by atoms with van der Waals surface area (Å²) in [6.45, 7) is 3.28. The lowest BCUT2D eigenvalue weighted by atomic mass is 10.2. The average molecular weight is 361 g/mol. The summed E-state index contributed by atoms with van der Waals surface area (Å²) in [6.07, 6.45) is 3.37. The Labute approximate surface area is 152 Å². The maximum atomic E-state index is 12.4. The van der Waals surface area contributed by atoms with Gasteiger partial charge < -0.3 is 19.9 Å². The lowest BCUT2D eigenvalue weighted by molar-refractivity contribution is 0.194. The summed E-state index contributed by atoms with van der Waals surface area (Å²) in [4.78, 5) is 20.4. The average Bonchev–Trinajstić information content (AvgIpc) is 2.67. The fraction of sp³-hybridized carbons (Fsp3) is 0.333. The second-order valence-electron chi connectivity index (χ2n) is 5.81. The number of carbonyl (C=O) groups excluding carboxylic acids is 1. The van der Waals surface area contributed by atoms with E-state index in [-0.39, 0.29) is 6.03 Å². The standard InChI is InChI=1S/C18H21ClN4O2/c1-25-15-4-2-3-14(11-15)12-21-18(24)23-9-7-22(8-10-23)17-5-6-20-13-16(17)19/h2-6,11,13H,7-10,12H2,1H3,(H,21,24). The minimum Gasteiger partial charge on any atom is -0.497 e. The second-order valence-corrected chi connectivity index (χ2v) is 6.22. The normalized spacial score (nSPS) is 14.3. The highest BCUT2D eigenvalue weighted by atomic mass is 35.5. The molecule has 2 heterocycles. The fourth-order valence-electron chi connectivity index (χ4n) is 2.85. The van der Waals surface area contributed by atoms with Gasteiger partial charge in [-0.1, -0.05) is 23.7 Å². The fourth-order valence-corrected chi connectivity index (χ4v) is 3.09. The lowest BCUT2D eigenvalue weighted by Gasteiger charge is -2.36. The number of amides is 2. The molecule has 132 valence electrons. The molecular weight excluding hydrogens is 340 g/mol. The van der Waals surface area contributed by atoms with Crippen LogP contribution < -0.4 is 15.0 Å². The third kappa shape index (κ3) is 4.33. The van der Waals surface area contributed by atoms with E-state index in [9.17, 15) is 4.79 Å². The predicted molar refractivity (Wildman–Crippen MR) is 98.3 cm³/mol. The van der Waals surface area contributed by atoms with Crippen LogP contribution in [0.15, 0.2) is 42.7 Å². The van der Waals surface area contributed by atoms with Gasteiger partial charge in [-0.05, 0) is 23.8 Å². The van der Waals surface area contributed by atoms with Crippen molar-refractivity contribution in [2.75, 3.05) is 38.2 Å². The summed E-state index contributed by atoms with van der Waals surface area (Å²) < 4.78 is 5.20. The van der Waals surface area contributed by atoms with Gasteiger partial charge in [0.2, 0.25) is 0 Å². The van der Waals surface area contributed by atoms with E-state index in [4.69, 9.17) is 16.3 Å². The number of urea groups is 1. The van der Waals surface area contributed by atoms with Crippen LogP contribution in [0.4, 0.5) is 10.5 Å². The summed E-state index contributed by atoms with van der Waals surface area (Å²) in [5, 5.41) is 3.60. The van der Waals surface area contributed by atoms with Crippen LogP contribution in [0.5, 0.6) is 5.75 Å². The smallest absolute Gasteiger partial charge is 0.317 e. The number of anilines is 1. The number of hydrogen-bond acceptors (Lipinski definition) is 4. The number of ether oxygens (including phenoxy) is 1. The number of hydrogen-bond donors (Lipinski definition) is 1. The van der Waals surface area contributed by atoms with E-state index in [1.807, 2.05) is 35.2 Å². The van der Waals surface area contributed by atoms with Crippen LogP contribution in [-0.4, -0.2) is 49.2 Å². The molecule has 0 unspecified atom stereocenters. The third-order valence-electron chi connectivity index (χ3n) is 4.24. The highest BCUT2D eigenvalue weighted by Gasteiger charge is 2.22. The molecule has 0 spiro atoms. The van der Waals surface area contributed by atoms with Gasteiger partial charge in [-0.25, -0.2) is 4.79 Å². The van der Waals surface area contributed by atoms with E-state index in [1.165, 1.54) is 0 Å². The van der Waals surface area contributed by atoms with E-state index in [0.29, 0.717) is 24.7 Å². The molecule has 1 N–H and O–H groups in total. The first kappa shape index (κ1) is 17.4. The number of nitrogens with one attached hydrogen (secondary N) is 1. The molecule has 6 nitrogen and oxygen atoms in total. The quantitative estimate of drug-likeness (QED) is 0.910. The van der Waals surface area contributed by atoms with Gasteiger partial charge in [0.1, 0.15) is 5.75 Å². The largest absolute Gasteiger partial charge is 0.497 e. The molecular formula is C18H21ClN4O2. The maximum Gasteiger partial charge on any atom is 0.317 e. The Bertz CT molecular complexity index is 733. The van der Waals surface area contributed by atoms with Crippen LogP contribution in [0.25, 0.3) is 0 Å². The molecule has 1 saturated heterocycles. The van der Waals surface area contributed by atoms with Crippen molar-refractivity contribution in [1.82, 2.24) is 15.2 Å². The first-order valence-electron chi connectivity index (χ1n) is 8.17. The van der Waals surface area contributed by atoms with Gasteiger partial charge in [0.25, 0.3) is 0 Å². The van der Waals surface area contributed by atoms with E-state index >= 15 is 0 Å². The third-order valence-corrected chi connectivity index (χ3v) is 4.53. The first-order valence-corrected chi connectivity index (χ1v) is 8.55. The van der Waals surface area contributed by atoms with Crippen molar-refractivity contribution in [2.24, 2.45) is 0 Å². The molecule has 1 aliphatic rings.